The summed E-state index contributed by atoms with van der Waals surface area (Å²) in [7, 11) is -7.42. The van der Waals surface area contributed by atoms with Gasteiger partial charge in [0, 0.05) is 6.26 Å². The molecule has 23 heavy (non-hydrogen) atoms. The van der Waals surface area contributed by atoms with Crippen LogP contribution < -0.4 is 4.72 Å². The van der Waals surface area contributed by atoms with E-state index in [9.17, 15) is 21.6 Å². The van der Waals surface area contributed by atoms with Crippen molar-refractivity contribution in [3.63, 3.8) is 0 Å². The number of nitrogens with one attached hydrogen (secondary N) is 1. The van der Waals surface area contributed by atoms with Crippen molar-refractivity contribution in [1.29, 1.82) is 0 Å². The molecule has 0 amide bonds. The Morgan fingerprint density at radius 3 is 2.09 bits per heavy atom. The quantitative estimate of drug-likeness (QED) is 0.841. The van der Waals surface area contributed by atoms with Crippen molar-refractivity contribution in [2.24, 2.45) is 0 Å². The van der Waals surface area contributed by atoms with E-state index >= 15 is 0 Å². The van der Waals surface area contributed by atoms with Crippen LogP contribution in [0.3, 0.4) is 0 Å². The van der Waals surface area contributed by atoms with Crippen LogP contribution in [0.15, 0.2) is 58.3 Å². The van der Waals surface area contributed by atoms with Crippen LogP contribution in [-0.2, 0) is 19.9 Å². The number of aromatic carboxylic acids is 1. The fourth-order valence-corrected chi connectivity index (χ4v) is 3.50. The van der Waals surface area contributed by atoms with E-state index in [1.165, 1.54) is 36.4 Å². The third kappa shape index (κ3) is 4.08. The number of hydrogen-bond acceptors (Lipinski definition) is 5. The van der Waals surface area contributed by atoms with Crippen molar-refractivity contribution < 1.29 is 26.7 Å². The molecule has 2 N–H and O–H groups in total. The molecule has 2 rings (SSSR count). The van der Waals surface area contributed by atoms with Gasteiger partial charge in [0.2, 0.25) is 0 Å². The number of carboxylic acids is 1. The number of anilines is 1. The molecule has 2 aromatic carbocycles. The first-order valence-corrected chi connectivity index (χ1v) is 9.63. The zero-order valence-electron chi connectivity index (χ0n) is 11.9. The smallest absolute Gasteiger partial charge is 0.335 e. The van der Waals surface area contributed by atoms with Gasteiger partial charge in [0.15, 0.2) is 9.84 Å². The Kier molecular flexibility index (Phi) is 4.44. The number of carbonyl (C=O) groups is 1. The van der Waals surface area contributed by atoms with Gasteiger partial charge in [-0.15, -0.1) is 0 Å². The molecular formula is C14H13NO6S2. The number of rotatable bonds is 5. The lowest BCUT2D eigenvalue weighted by molar-refractivity contribution is 0.0696. The summed E-state index contributed by atoms with van der Waals surface area (Å²) in [6.07, 6.45) is 1.02. The Morgan fingerprint density at radius 1 is 0.957 bits per heavy atom. The van der Waals surface area contributed by atoms with Crippen LogP contribution in [0.25, 0.3) is 0 Å². The second-order valence-corrected chi connectivity index (χ2v) is 8.43. The summed E-state index contributed by atoms with van der Waals surface area (Å²) in [6.45, 7) is 0. The number of benzene rings is 2. The Hall–Kier alpha value is -2.39. The van der Waals surface area contributed by atoms with E-state index in [1.807, 2.05) is 0 Å². The Bertz CT molecular complexity index is 947. The molecule has 0 fully saturated rings. The summed E-state index contributed by atoms with van der Waals surface area (Å²) < 4.78 is 49.7. The van der Waals surface area contributed by atoms with Crippen LogP contribution in [0.4, 0.5) is 5.69 Å². The maximum atomic E-state index is 12.2. The molecule has 0 aromatic heterocycles. The molecule has 0 saturated carbocycles. The van der Waals surface area contributed by atoms with E-state index in [0.717, 1.165) is 18.4 Å². The minimum absolute atomic E-state index is 0.0149. The predicted octanol–water partition coefficient (Wildman–Crippen LogP) is 1.59. The molecule has 0 bridgehead atoms. The molecule has 0 aliphatic rings. The van der Waals surface area contributed by atoms with E-state index in [1.54, 1.807) is 0 Å². The predicted molar refractivity (Wildman–Crippen MR) is 83.8 cm³/mol. The Labute approximate surface area is 133 Å². The molecule has 0 saturated heterocycles. The Balaban J connectivity index is 2.33. The number of sulfonamides is 1. The maximum absolute atomic E-state index is 12.2. The largest absolute Gasteiger partial charge is 0.478 e. The molecule has 122 valence electrons. The average molecular weight is 355 g/mol. The molecule has 0 unspecified atom stereocenters. The zero-order valence-corrected chi connectivity index (χ0v) is 13.6. The lowest BCUT2D eigenvalue weighted by Gasteiger charge is -2.09. The highest BCUT2D eigenvalue weighted by atomic mass is 32.2. The zero-order chi connectivity index (χ0) is 17.3. The van der Waals surface area contributed by atoms with Crippen molar-refractivity contribution in [2.45, 2.75) is 9.79 Å². The molecular weight excluding hydrogens is 342 g/mol. The van der Waals surface area contributed by atoms with Gasteiger partial charge >= 0.3 is 5.97 Å². The van der Waals surface area contributed by atoms with Gasteiger partial charge in [0.05, 0.1) is 21.0 Å². The van der Waals surface area contributed by atoms with Gasteiger partial charge in [-0.25, -0.2) is 21.6 Å². The highest BCUT2D eigenvalue weighted by Gasteiger charge is 2.16. The van der Waals surface area contributed by atoms with Gasteiger partial charge in [-0.1, -0.05) is 6.07 Å². The third-order valence-corrected chi connectivity index (χ3v) is 5.43. The van der Waals surface area contributed by atoms with Crippen LogP contribution in [0, 0.1) is 0 Å². The number of hydrogen-bond donors (Lipinski definition) is 2. The van der Waals surface area contributed by atoms with Gasteiger partial charge in [0.25, 0.3) is 10.0 Å². The van der Waals surface area contributed by atoms with Crippen molar-refractivity contribution in [3.8, 4) is 0 Å². The normalized spacial score (nSPS) is 11.9. The summed E-state index contributed by atoms with van der Waals surface area (Å²) in [5, 5.41) is 8.80. The molecule has 0 radical (unpaired) electrons. The fourth-order valence-electron chi connectivity index (χ4n) is 1.78. The average Bonchev–Trinajstić information content (AvgIpc) is 2.46. The molecule has 0 aliphatic heterocycles. The molecule has 2 aromatic rings. The third-order valence-electron chi connectivity index (χ3n) is 2.93. The number of carboxylic acid groups (broad SMARTS) is 1. The number of sulfone groups is 1. The highest BCUT2D eigenvalue weighted by Crippen LogP contribution is 2.20. The summed E-state index contributed by atoms with van der Waals surface area (Å²) in [6, 6.07) is 10.1. The van der Waals surface area contributed by atoms with Gasteiger partial charge in [-0.05, 0) is 42.5 Å². The van der Waals surface area contributed by atoms with Crippen LogP contribution in [0.1, 0.15) is 10.4 Å². The van der Waals surface area contributed by atoms with E-state index < -0.39 is 25.8 Å². The van der Waals surface area contributed by atoms with E-state index in [2.05, 4.69) is 4.72 Å². The van der Waals surface area contributed by atoms with Crippen LogP contribution in [0.5, 0.6) is 0 Å². The SMILES string of the molecule is CS(=O)(=O)c1cccc(NS(=O)(=O)c2ccc(C(=O)O)cc2)c1. The lowest BCUT2D eigenvalue weighted by Crippen LogP contribution is -2.13. The van der Waals surface area contributed by atoms with E-state index in [-0.39, 0.29) is 21.0 Å². The van der Waals surface area contributed by atoms with Gasteiger partial charge < -0.3 is 5.11 Å². The van der Waals surface area contributed by atoms with Gasteiger partial charge in [-0.3, -0.25) is 4.72 Å². The van der Waals surface area contributed by atoms with Crippen molar-refractivity contribution in [1.82, 2.24) is 0 Å². The van der Waals surface area contributed by atoms with E-state index in [0.29, 0.717) is 0 Å². The van der Waals surface area contributed by atoms with Gasteiger partial charge in [-0.2, -0.15) is 0 Å². The maximum Gasteiger partial charge on any atom is 0.335 e. The highest BCUT2D eigenvalue weighted by molar-refractivity contribution is 7.92. The molecule has 7 nitrogen and oxygen atoms in total. The molecule has 0 heterocycles. The van der Waals surface area contributed by atoms with Crippen molar-refractivity contribution in [3.05, 3.63) is 54.1 Å². The first-order valence-electron chi connectivity index (χ1n) is 6.26. The minimum atomic E-state index is -3.96. The second kappa shape index (κ2) is 6.01. The van der Waals surface area contributed by atoms with Crippen LogP contribution >= 0.6 is 0 Å². The van der Waals surface area contributed by atoms with Crippen molar-refractivity contribution in [2.75, 3.05) is 11.0 Å². The Morgan fingerprint density at radius 2 is 1.57 bits per heavy atom. The summed E-state index contributed by atoms with van der Waals surface area (Å²) in [5.74, 6) is -1.16. The molecule has 0 atom stereocenters. The van der Waals surface area contributed by atoms with Gasteiger partial charge in [0.1, 0.15) is 0 Å². The van der Waals surface area contributed by atoms with Crippen molar-refractivity contribution >= 4 is 31.5 Å². The fraction of sp³-hybridized carbons (Fsp3) is 0.0714. The monoisotopic (exact) mass is 355 g/mol. The topological polar surface area (TPSA) is 118 Å². The van der Waals surface area contributed by atoms with E-state index in [4.69, 9.17) is 5.11 Å². The van der Waals surface area contributed by atoms with Crippen LogP contribution in [0.2, 0.25) is 0 Å². The lowest BCUT2D eigenvalue weighted by atomic mass is 10.2. The first kappa shape index (κ1) is 17.0. The molecule has 9 heteroatoms. The molecule has 0 spiro atoms. The first-order chi connectivity index (χ1) is 10.6. The standard InChI is InChI=1S/C14H13NO6S2/c1-22(18,19)13-4-2-3-11(9-13)15-23(20,21)12-7-5-10(6-8-12)14(16)17/h2-9,15H,1H3,(H,16,17). The summed E-state index contributed by atoms with van der Waals surface area (Å²) in [5.41, 5.74) is 0.0539. The summed E-state index contributed by atoms with van der Waals surface area (Å²) >= 11 is 0. The second-order valence-electron chi connectivity index (χ2n) is 4.74. The van der Waals surface area contributed by atoms with Crippen LogP contribution in [-0.4, -0.2) is 34.2 Å². The molecule has 0 aliphatic carbocycles. The summed E-state index contributed by atoms with van der Waals surface area (Å²) in [4.78, 5) is 10.6. The minimum Gasteiger partial charge on any atom is -0.478 e.